The van der Waals surface area contributed by atoms with Crippen molar-refractivity contribution in [1.29, 1.82) is 0 Å². The highest BCUT2D eigenvalue weighted by atomic mass is 16.5. The van der Waals surface area contributed by atoms with E-state index in [0.717, 1.165) is 28.8 Å². The van der Waals surface area contributed by atoms with Crippen LogP contribution in [-0.4, -0.2) is 35.0 Å². The van der Waals surface area contributed by atoms with Crippen molar-refractivity contribution in [3.8, 4) is 5.75 Å². The number of nitrogens with one attached hydrogen (secondary N) is 2. The maximum atomic E-state index is 12.9. The van der Waals surface area contributed by atoms with Gasteiger partial charge in [0.2, 0.25) is 0 Å². The summed E-state index contributed by atoms with van der Waals surface area (Å²) in [5, 5.41) is 3.32. The Labute approximate surface area is 157 Å². The first-order valence-corrected chi connectivity index (χ1v) is 9.24. The minimum Gasteiger partial charge on any atom is -0.496 e. The molecule has 2 unspecified atom stereocenters. The molecule has 2 heterocycles. The Hall–Kier alpha value is -2.86. The number of aromatic amines is 1. The lowest BCUT2D eigenvalue weighted by Gasteiger charge is -2.30. The van der Waals surface area contributed by atoms with Crippen molar-refractivity contribution in [2.75, 3.05) is 13.7 Å². The number of fused-ring (bicyclic) bond motifs is 1. The van der Waals surface area contributed by atoms with Gasteiger partial charge in [0.1, 0.15) is 5.75 Å². The Bertz CT molecular complexity index is 1020. The molecule has 1 fully saturated rings. The van der Waals surface area contributed by atoms with Gasteiger partial charge in [-0.2, -0.15) is 0 Å². The predicted molar refractivity (Wildman–Crippen MR) is 104 cm³/mol. The van der Waals surface area contributed by atoms with E-state index in [9.17, 15) is 9.59 Å². The number of para-hydroxylation sites is 3. The van der Waals surface area contributed by atoms with Gasteiger partial charge < -0.3 is 15.0 Å². The minimum absolute atomic E-state index is 0.00141. The van der Waals surface area contributed by atoms with Crippen LogP contribution in [0.4, 0.5) is 0 Å². The average molecular weight is 365 g/mol. The fraction of sp³-hybridized carbons (Fsp3) is 0.333. The van der Waals surface area contributed by atoms with Gasteiger partial charge in [0.15, 0.2) is 5.78 Å². The lowest BCUT2D eigenvalue weighted by atomic mass is 9.93. The van der Waals surface area contributed by atoms with E-state index < -0.39 is 0 Å². The normalized spacial score (nSPS) is 19.9. The summed E-state index contributed by atoms with van der Waals surface area (Å²) in [6.07, 6.45) is 1.74. The third-order valence-electron chi connectivity index (χ3n) is 5.31. The number of piperidine rings is 1. The van der Waals surface area contributed by atoms with Crippen LogP contribution in [-0.2, 0) is 11.2 Å². The number of aromatic nitrogens is 2. The van der Waals surface area contributed by atoms with Crippen LogP contribution in [0.1, 0.15) is 24.4 Å². The first kappa shape index (κ1) is 17.5. The number of carbonyl (C=O) groups excluding carboxylic acids is 1. The van der Waals surface area contributed by atoms with Crippen LogP contribution in [0.15, 0.2) is 53.3 Å². The van der Waals surface area contributed by atoms with Crippen molar-refractivity contribution >= 4 is 16.8 Å². The molecule has 4 rings (SSSR count). The molecule has 2 aromatic carbocycles. The first-order valence-electron chi connectivity index (χ1n) is 9.24. The average Bonchev–Trinajstić information content (AvgIpc) is 3.04. The minimum atomic E-state index is -0.269. The molecule has 2 atom stereocenters. The Morgan fingerprint density at radius 2 is 1.96 bits per heavy atom. The monoisotopic (exact) mass is 365 g/mol. The molecule has 3 aromatic rings. The van der Waals surface area contributed by atoms with Crippen LogP contribution < -0.4 is 15.7 Å². The van der Waals surface area contributed by atoms with Crippen molar-refractivity contribution in [3.05, 3.63) is 64.6 Å². The van der Waals surface area contributed by atoms with Gasteiger partial charge in [-0.15, -0.1) is 0 Å². The zero-order chi connectivity index (χ0) is 18.8. The standard InChI is InChI=1S/C21H23N3O3/c1-27-20-9-5-2-6-14(20)12-19(25)17-13-15(10-11-22-17)24-18-8-4-3-7-16(18)23-21(24)26/h2-9,15,17,22H,10-13H2,1H3,(H,23,26). The van der Waals surface area contributed by atoms with Crippen molar-refractivity contribution in [1.82, 2.24) is 14.9 Å². The molecule has 0 bridgehead atoms. The Kier molecular flexibility index (Phi) is 4.81. The molecule has 1 aliphatic heterocycles. The number of rotatable bonds is 5. The molecule has 0 radical (unpaired) electrons. The number of imidazole rings is 1. The van der Waals surface area contributed by atoms with Crippen LogP contribution in [0.25, 0.3) is 11.0 Å². The highest BCUT2D eigenvalue weighted by Crippen LogP contribution is 2.26. The van der Waals surface area contributed by atoms with E-state index in [1.54, 1.807) is 11.7 Å². The fourth-order valence-electron chi connectivity index (χ4n) is 3.97. The Morgan fingerprint density at radius 3 is 2.81 bits per heavy atom. The number of ether oxygens (including phenoxy) is 1. The molecule has 27 heavy (non-hydrogen) atoms. The van der Waals surface area contributed by atoms with E-state index in [4.69, 9.17) is 4.74 Å². The first-order chi connectivity index (χ1) is 13.2. The molecule has 1 aromatic heterocycles. The van der Waals surface area contributed by atoms with E-state index in [-0.39, 0.29) is 23.6 Å². The SMILES string of the molecule is COc1ccccc1CC(=O)C1CC(n2c(=O)[nH]c3ccccc32)CCN1. The van der Waals surface area contributed by atoms with Crippen LogP contribution in [0, 0.1) is 0 Å². The zero-order valence-corrected chi connectivity index (χ0v) is 15.3. The topological polar surface area (TPSA) is 76.1 Å². The van der Waals surface area contributed by atoms with Crippen LogP contribution in [0.5, 0.6) is 5.75 Å². The van der Waals surface area contributed by atoms with Crippen LogP contribution >= 0.6 is 0 Å². The summed E-state index contributed by atoms with van der Waals surface area (Å²) in [6.45, 7) is 0.707. The van der Waals surface area contributed by atoms with Crippen molar-refractivity contribution in [2.45, 2.75) is 31.3 Å². The lowest BCUT2D eigenvalue weighted by Crippen LogP contribution is -2.45. The van der Waals surface area contributed by atoms with E-state index in [2.05, 4.69) is 10.3 Å². The Balaban J connectivity index is 1.55. The third-order valence-corrected chi connectivity index (χ3v) is 5.31. The van der Waals surface area contributed by atoms with Gasteiger partial charge in [0.25, 0.3) is 0 Å². The largest absolute Gasteiger partial charge is 0.496 e. The Morgan fingerprint density at radius 1 is 1.19 bits per heavy atom. The fourth-order valence-corrected chi connectivity index (χ4v) is 3.97. The third kappa shape index (κ3) is 3.40. The molecule has 0 aliphatic carbocycles. The number of methoxy groups -OCH3 is 1. The van der Waals surface area contributed by atoms with Gasteiger partial charge >= 0.3 is 5.69 Å². The maximum Gasteiger partial charge on any atom is 0.326 e. The van der Waals surface area contributed by atoms with Gasteiger partial charge in [0.05, 0.1) is 24.2 Å². The van der Waals surface area contributed by atoms with Crippen molar-refractivity contribution in [2.24, 2.45) is 0 Å². The maximum absolute atomic E-state index is 12.9. The van der Waals surface area contributed by atoms with Crippen LogP contribution in [0.2, 0.25) is 0 Å². The molecule has 0 saturated carbocycles. The lowest BCUT2D eigenvalue weighted by molar-refractivity contribution is -0.121. The number of ketones is 1. The molecular weight excluding hydrogens is 342 g/mol. The quantitative estimate of drug-likeness (QED) is 0.728. The number of nitrogens with zero attached hydrogens (tertiary/aromatic N) is 1. The molecule has 140 valence electrons. The summed E-state index contributed by atoms with van der Waals surface area (Å²) in [5.74, 6) is 0.850. The van der Waals surface area contributed by atoms with Crippen molar-refractivity contribution in [3.63, 3.8) is 0 Å². The number of hydrogen-bond donors (Lipinski definition) is 2. The summed E-state index contributed by atoms with van der Waals surface area (Å²) in [4.78, 5) is 28.3. The molecule has 2 N–H and O–H groups in total. The van der Waals surface area contributed by atoms with E-state index in [0.29, 0.717) is 19.4 Å². The zero-order valence-electron chi connectivity index (χ0n) is 15.3. The van der Waals surface area contributed by atoms with Gasteiger partial charge in [-0.1, -0.05) is 30.3 Å². The highest BCUT2D eigenvalue weighted by molar-refractivity contribution is 5.86. The van der Waals surface area contributed by atoms with E-state index in [1.807, 2.05) is 48.5 Å². The van der Waals surface area contributed by atoms with Gasteiger partial charge in [-0.3, -0.25) is 9.36 Å². The highest BCUT2D eigenvalue weighted by Gasteiger charge is 2.29. The molecule has 0 amide bonds. The number of Topliss-reactive ketones (excluding diaryl/α,β-unsaturated/α-hetero) is 1. The second kappa shape index (κ2) is 7.40. The number of hydrogen-bond acceptors (Lipinski definition) is 4. The van der Waals surface area contributed by atoms with Gasteiger partial charge in [-0.05, 0) is 37.6 Å². The molecule has 1 aliphatic rings. The summed E-state index contributed by atoms with van der Waals surface area (Å²) >= 11 is 0. The number of carbonyl (C=O) groups is 1. The van der Waals surface area contributed by atoms with Gasteiger partial charge in [0, 0.05) is 18.0 Å². The second-order valence-electron chi connectivity index (χ2n) is 6.96. The van der Waals surface area contributed by atoms with E-state index in [1.165, 1.54) is 0 Å². The molecular formula is C21H23N3O3. The summed E-state index contributed by atoms with van der Waals surface area (Å²) < 4.78 is 7.16. The van der Waals surface area contributed by atoms with E-state index >= 15 is 0 Å². The van der Waals surface area contributed by atoms with Gasteiger partial charge in [-0.25, -0.2) is 4.79 Å². The summed E-state index contributed by atoms with van der Waals surface area (Å²) in [6, 6.07) is 15.0. The predicted octanol–water partition coefficient (Wildman–Crippen LogP) is 2.44. The number of benzene rings is 2. The molecule has 0 spiro atoms. The molecule has 6 nitrogen and oxygen atoms in total. The second-order valence-corrected chi connectivity index (χ2v) is 6.96. The number of H-pyrrole nitrogens is 1. The smallest absolute Gasteiger partial charge is 0.326 e. The molecule has 1 saturated heterocycles. The van der Waals surface area contributed by atoms with Crippen molar-refractivity contribution < 1.29 is 9.53 Å². The summed E-state index contributed by atoms with van der Waals surface area (Å²) in [5.41, 5.74) is 2.50. The summed E-state index contributed by atoms with van der Waals surface area (Å²) in [7, 11) is 1.61. The van der Waals surface area contributed by atoms with Crippen LogP contribution in [0.3, 0.4) is 0 Å². The molecule has 6 heteroatoms.